The van der Waals surface area contributed by atoms with Gasteiger partial charge in [0, 0.05) is 19.0 Å². The third-order valence-corrected chi connectivity index (χ3v) is 4.14. The lowest BCUT2D eigenvalue weighted by atomic mass is 10.1. The number of likely N-dealkylation sites (tertiary alicyclic amines) is 1. The van der Waals surface area contributed by atoms with Crippen molar-refractivity contribution in [3.63, 3.8) is 0 Å². The Morgan fingerprint density at radius 3 is 2.87 bits per heavy atom. The molecule has 2 aliphatic rings. The Labute approximate surface area is 133 Å². The van der Waals surface area contributed by atoms with Crippen LogP contribution >= 0.6 is 0 Å². The molecule has 120 valence electrons. The van der Waals surface area contributed by atoms with Gasteiger partial charge in [0.25, 0.3) is 5.91 Å². The number of hydrogen-bond donors (Lipinski definition) is 0. The van der Waals surface area contributed by atoms with E-state index in [0.717, 1.165) is 12.8 Å². The minimum absolute atomic E-state index is 0.0491. The van der Waals surface area contributed by atoms with E-state index in [1.807, 2.05) is 0 Å². The number of nitrogens with zero attached hydrogens (tertiary/aromatic N) is 3. The van der Waals surface area contributed by atoms with Crippen molar-refractivity contribution >= 4 is 5.91 Å². The fourth-order valence-corrected chi connectivity index (χ4v) is 3.07. The number of aryl methyl sites for hydroxylation is 1. The Morgan fingerprint density at radius 2 is 2.09 bits per heavy atom. The van der Waals surface area contributed by atoms with Gasteiger partial charge < -0.3 is 18.9 Å². The molecule has 0 radical (unpaired) electrons. The Kier molecular flexibility index (Phi) is 3.40. The van der Waals surface area contributed by atoms with Crippen LogP contribution in [0.15, 0.2) is 22.7 Å². The van der Waals surface area contributed by atoms with Crippen molar-refractivity contribution in [1.82, 2.24) is 15.0 Å². The second kappa shape index (κ2) is 5.57. The van der Waals surface area contributed by atoms with Crippen molar-refractivity contribution in [2.45, 2.75) is 25.8 Å². The van der Waals surface area contributed by atoms with Crippen molar-refractivity contribution in [2.24, 2.45) is 0 Å². The lowest BCUT2D eigenvalue weighted by Crippen LogP contribution is -2.31. The summed E-state index contributed by atoms with van der Waals surface area (Å²) in [5, 5.41) is 3.97. The maximum atomic E-state index is 12.9. The molecule has 3 heterocycles. The van der Waals surface area contributed by atoms with E-state index in [-0.39, 0.29) is 11.9 Å². The van der Waals surface area contributed by atoms with Gasteiger partial charge in [0.2, 0.25) is 5.89 Å². The summed E-state index contributed by atoms with van der Waals surface area (Å²) in [6.07, 6.45) is 1.77. The van der Waals surface area contributed by atoms with Crippen molar-refractivity contribution in [2.75, 3.05) is 19.8 Å². The monoisotopic (exact) mass is 315 g/mol. The number of carbonyl (C=O) groups is 1. The number of carbonyl (C=O) groups excluding carboxylic acids is 1. The van der Waals surface area contributed by atoms with Crippen LogP contribution in [0.3, 0.4) is 0 Å². The molecule has 4 rings (SSSR count). The minimum atomic E-state index is -0.131. The topological polar surface area (TPSA) is 77.7 Å². The summed E-state index contributed by atoms with van der Waals surface area (Å²) in [6, 6.07) is 5.17. The predicted octanol–water partition coefficient (Wildman–Crippen LogP) is 2.13. The van der Waals surface area contributed by atoms with Crippen LogP contribution in [0.1, 0.15) is 41.0 Å². The first-order valence-corrected chi connectivity index (χ1v) is 7.73. The summed E-state index contributed by atoms with van der Waals surface area (Å²) in [6.45, 7) is 3.47. The van der Waals surface area contributed by atoms with Gasteiger partial charge in [0.05, 0.1) is 6.04 Å². The zero-order chi connectivity index (χ0) is 15.8. The summed E-state index contributed by atoms with van der Waals surface area (Å²) in [5.74, 6) is 2.34. The molecule has 1 atom stereocenters. The zero-order valence-corrected chi connectivity index (χ0v) is 12.8. The van der Waals surface area contributed by atoms with Gasteiger partial charge in [-0.3, -0.25) is 4.79 Å². The Bertz CT molecular complexity index is 743. The first-order chi connectivity index (χ1) is 11.2. The van der Waals surface area contributed by atoms with Crippen LogP contribution in [0.2, 0.25) is 0 Å². The van der Waals surface area contributed by atoms with Crippen molar-refractivity contribution < 1.29 is 18.8 Å². The Hall–Kier alpha value is -2.57. The van der Waals surface area contributed by atoms with Crippen LogP contribution in [0.4, 0.5) is 0 Å². The van der Waals surface area contributed by atoms with Gasteiger partial charge in [-0.15, -0.1) is 0 Å². The van der Waals surface area contributed by atoms with E-state index in [4.69, 9.17) is 14.0 Å². The molecule has 0 saturated carbocycles. The first kappa shape index (κ1) is 14.0. The normalized spacial score (nSPS) is 19.9. The molecule has 1 fully saturated rings. The van der Waals surface area contributed by atoms with Gasteiger partial charge in [-0.1, -0.05) is 5.16 Å². The third-order valence-electron chi connectivity index (χ3n) is 4.14. The molecule has 1 saturated heterocycles. The average Bonchev–Trinajstić information content (AvgIpc) is 3.22. The molecule has 7 nitrogen and oxygen atoms in total. The van der Waals surface area contributed by atoms with E-state index in [9.17, 15) is 4.79 Å². The molecule has 0 bridgehead atoms. The number of fused-ring (bicyclic) bond motifs is 1. The number of amides is 1. The molecule has 2 aromatic rings. The SMILES string of the molecule is Cc1nc(C2CCCN2C(=O)c2ccc3c(c2)OCCO3)no1. The van der Waals surface area contributed by atoms with E-state index < -0.39 is 0 Å². The second-order valence-corrected chi connectivity index (χ2v) is 5.69. The van der Waals surface area contributed by atoms with Gasteiger partial charge >= 0.3 is 0 Å². The summed E-state index contributed by atoms with van der Waals surface area (Å²) in [4.78, 5) is 18.9. The van der Waals surface area contributed by atoms with E-state index in [2.05, 4.69) is 10.1 Å². The molecule has 1 aromatic carbocycles. The van der Waals surface area contributed by atoms with E-state index in [0.29, 0.717) is 48.5 Å². The van der Waals surface area contributed by atoms with E-state index in [1.54, 1.807) is 30.0 Å². The summed E-state index contributed by atoms with van der Waals surface area (Å²) in [7, 11) is 0. The van der Waals surface area contributed by atoms with Crippen LogP contribution in [0, 0.1) is 6.92 Å². The number of benzene rings is 1. The molecule has 23 heavy (non-hydrogen) atoms. The summed E-state index contributed by atoms with van der Waals surface area (Å²) < 4.78 is 16.1. The molecule has 0 spiro atoms. The highest BCUT2D eigenvalue weighted by Gasteiger charge is 2.34. The van der Waals surface area contributed by atoms with Crippen molar-refractivity contribution in [1.29, 1.82) is 0 Å². The highest BCUT2D eigenvalue weighted by Crippen LogP contribution is 2.34. The van der Waals surface area contributed by atoms with Crippen molar-refractivity contribution in [3.05, 3.63) is 35.5 Å². The quantitative estimate of drug-likeness (QED) is 0.845. The molecular weight excluding hydrogens is 298 g/mol. The molecule has 2 aliphatic heterocycles. The predicted molar refractivity (Wildman–Crippen MR) is 79.5 cm³/mol. The molecular formula is C16H17N3O4. The second-order valence-electron chi connectivity index (χ2n) is 5.69. The summed E-state index contributed by atoms with van der Waals surface area (Å²) in [5.41, 5.74) is 0.585. The third kappa shape index (κ3) is 2.52. The fourth-order valence-electron chi connectivity index (χ4n) is 3.07. The smallest absolute Gasteiger partial charge is 0.254 e. The maximum Gasteiger partial charge on any atom is 0.254 e. The largest absolute Gasteiger partial charge is 0.486 e. The minimum Gasteiger partial charge on any atom is -0.486 e. The van der Waals surface area contributed by atoms with Gasteiger partial charge in [-0.2, -0.15) is 4.98 Å². The lowest BCUT2D eigenvalue weighted by Gasteiger charge is -2.23. The number of rotatable bonds is 2. The van der Waals surface area contributed by atoms with E-state index >= 15 is 0 Å². The number of hydrogen-bond acceptors (Lipinski definition) is 6. The lowest BCUT2D eigenvalue weighted by molar-refractivity contribution is 0.0727. The number of aromatic nitrogens is 2. The highest BCUT2D eigenvalue weighted by atomic mass is 16.6. The highest BCUT2D eigenvalue weighted by molar-refractivity contribution is 5.95. The van der Waals surface area contributed by atoms with Crippen LogP contribution in [0.5, 0.6) is 11.5 Å². The van der Waals surface area contributed by atoms with Crippen LogP contribution < -0.4 is 9.47 Å². The zero-order valence-electron chi connectivity index (χ0n) is 12.8. The Morgan fingerprint density at radius 1 is 1.26 bits per heavy atom. The average molecular weight is 315 g/mol. The standard InChI is InChI=1S/C16H17N3O4/c1-10-17-15(18-23-10)12-3-2-6-19(12)16(20)11-4-5-13-14(9-11)22-8-7-21-13/h4-5,9,12H,2-3,6-8H2,1H3. The Balaban J connectivity index is 1.60. The van der Waals surface area contributed by atoms with Crippen molar-refractivity contribution in [3.8, 4) is 11.5 Å². The van der Waals surface area contributed by atoms with Crippen LogP contribution in [-0.2, 0) is 0 Å². The number of ether oxygens (including phenoxy) is 2. The fraction of sp³-hybridized carbons (Fsp3) is 0.438. The van der Waals surface area contributed by atoms with Gasteiger partial charge in [0.1, 0.15) is 13.2 Å². The van der Waals surface area contributed by atoms with Gasteiger partial charge in [0.15, 0.2) is 17.3 Å². The van der Waals surface area contributed by atoms with E-state index in [1.165, 1.54) is 0 Å². The van der Waals surface area contributed by atoms with Crippen LogP contribution in [-0.4, -0.2) is 40.7 Å². The molecule has 1 aromatic heterocycles. The first-order valence-electron chi connectivity index (χ1n) is 7.73. The summed E-state index contributed by atoms with van der Waals surface area (Å²) >= 11 is 0. The molecule has 1 unspecified atom stereocenters. The van der Waals surface area contributed by atoms with Gasteiger partial charge in [-0.25, -0.2) is 0 Å². The van der Waals surface area contributed by atoms with Gasteiger partial charge in [-0.05, 0) is 31.0 Å². The maximum absolute atomic E-state index is 12.9. The molecule has 0 N–H and O–H groups in total. The van der Waals surface area contributed by atoms with Crippen LogP contribution in [0.25, 0.3) is 0 Å². The molecule has 1 amide bonds. The molecule has 7 heteroatoms. The molecule has 0 aliphatic carbocycles.